The van der Waals surface area contributed by atoms with Gasteiger partial charge in [0.15, 0.2) is 5.78 Å². The lowest BCUT2D eigenvalue weighted by molar-refractivity contribution is 0.0992. The Hall–Kier alpha value is -2.29. The van der Waals surface area contributed by atoms with Crippen molar-refractivity contribution in [1.29, 1.82) is 0 Å². The summed E-state index contributed by atoms with van der Waals surface area (Å²) in [7, 11) is 0. The van der Waals surface area contributed by atoms with Crippen molar-refractivity contribution in [3.63, 3.8) is 0 Å². The predicted octanol–water partition coefficient (Wildman–Crippen LogP) is 3.09. The van der Waals surface area contributed by atoms with E-state index in [-0.39, 0.29) is 5.78 Å². The van der Waals surface area contributed by atoms with Crippen LogP contribution >= 0.6 is 0 Å². The van der Waals surface area contributed by atoms with Crippen LogP contribution in [-0.2, 0) is 6.42 Å². The van der Waals surface area contributed by atoms with Gasteiger partial charge < -0.3 is 10.5 Å². The number of ether oxygens (including phenoxy) is 1. The Morgan fingerprint density at radius 2 is 1.95 bits per heavy atom. The molecule has 19 heavy (non-hydrogen) atoms. The van der Waals surface area contributed by atoms with Crippen LogP contribution < -0.4 is 10.5 Å². The lowest BCUT2D eigenvalue weighted by atomic mass is 10.0. The minimum Gasteiger partial charge on any atom is -0.494 e. The quantitative estimate of drug-likeness (QED) is 0.659. The van der Waals surface area contributed by atoms with Crippen molar-refractivity contribution in [3.05, 3.63) is 59.7 Å². The molecule has 0 saturated heterocycles. The summed E-state index contributed by atoms with van der Waals surface area (Å²) in [5.41, 5.74) is 7.96. The number of hydrogen-bond donors (Lipinski definition) is 1. The zero-order valence-corrected chi connectivity index (χ0v) is 10.9. The van der Waals surface area contributed by atoms with Crippen LogP contribution in [0.25, 0.3) is 0 Å². The van der Waals surface area contributed by atoms with Crippen LogP contribution in [0.15, 0.2) is 48.5 Å². The third kappa shape index (κ3) is 3.58. The lowest BCUT2D eigenvalue weighted by Gasteiger charge is -2.06. The fourth-order valence-corrected chi connectivity index (χ4v) is 1.92. The summed E-state index contributed by atoms with van der Waals surface area (Å²) in [5.74, 6) is 0.785. The molecule has 0 aliphatic heterocycles. The van der Waals surface area contributed by atoms with Gasteiger partial charge in [-0.05, 0) is 36.8 Å². The van der Waals surface area contributed by atoms with E-state index >= 15 is 0 Å². The number of ketones is 1. The number of rotatable bonds is 5. The molecule has 2 aromatic rings. The molecule has 0 aliphatic rings. The monoisotopic (exact) mass is 255 g/mol. The molecule has 0 atom stereocenters. The van der Waals surface area contributed by atoms with Gasteiger partial charge in [-0.25, -0.2) is 0 Å². The van der Waals surface area contributed by atoms with E-state index in [0.717, 1.165) is 11.3 Å². The summed E-state index contributed by atoms with van der Waals surface area (Å²) in [6.45, 7) is 2.51. The maximum absolute atomic E-state index is 12.2. The maximum atomic E-state index is 12.2. The molecule has 0 saturated carbocycles. The van der Waals surface area contributed by atoms with Crippen LogP contribution in [0.4, 0.5) is 5.69 Å². The molecular weight excluding hydrogens is 238 g/mol. The molecular formula is C16H17NO2. The average Bonchev–Trinajstić information content (AvgIpc) is 2.39. The molecule has 2 rings (SSSR count). The molecule has 0 bridgehead atoms. The van der Waals surface area contributed by atoms with E-state index in [2.05, 4.69) is 0 Å². The zero-order valence-electron chi connectivity index (χ0n) is 10.9. The van der Waals surface area contributed by atoms with Gasteiger partial charge in [-0.1, -0.05) is 24.3 Å². The van der Waals surface area contributed by atoms with E-state index in [0.29, 0.717) is 24.3 Å². The van der Waals surface area contributed by atoms with Crippen molar-refractivity contribution < 1.29 is 9.53 Å². The van der Waals surface area contributed by atoms with Crippen LogP contribution in [-0.4, -0.2) is 12.4 Å². The van der Waals surface area contributed by atoms with Crippen molar-refractivity contribution in [3.8, 4) is 5.75 Å². The first-order valence-corrected chi connectivity index (χ1v) is 6.29. The topological polar surface area (TPSA) is 52.3 Å². The number of hydrogen-bond acceptors (Lipinski definition) is 3. The molecule has 0 amide bonds. The van der Waals surface area contributed by atoms with Gasteiger partial charge in [-0.3, -0.25) is 4.79 Å². The van der Waals surface area contributed by atoms with Gasteiger partial charge in [-0.2, -0.15) is 0 Å². The Morgan fingerprint density at radius 3 is 2.68 bits per heavy atom. The second kappa shape index (κ2) is 6.05. The Labute approximate surface area is 113 Å². The number of Topliss-reactive ketones (excluding diaryl/α,β-unsaturated/α-hetero) is 1. The lowest BCUT2D eigenvalue weighted by Crippen LogP contribution is -2.04. The first kappa shape index (κ1) is 13.1. The Bertz CT molecular complexity index is 578. The molecule has 3 heteroatoms. The molecule has 98 valence electrons. The van der Waals surface area contributed by atoms with Crippen LogP contribution in [0.3, 0.4) is 0 Å². The normalized spacial score (nSPS) is 10.2. The van der Waals surface area contributed by atoms with Crippen LogP contribution in [0, 0.1) is 0 Å². The van der Waals surface area contributed by atoms with Crippen LogP contribution in [0.2, 0.25) is 0 Å². The fraction of sp³-hybridized carbons (Fsp3) is 0.188. The predicted molar refractivity (Wildman–Crippen MR) is 76.5 cm³/mol. The number of nitrogen functional groups attached to an aromatic ring is 1. The van der Waals surface area contributed by atoms with Crippen molar-refractivity contribution in [2.24, 2.45) is 0 Å². The highest BCUT2D eigenvalue weighted by Crippen LogP contribution is 2.16. The van der Waals surface area contributed by atoms with Crippen LogP contribution in [0.5, 0.6) is 5.75 Å². The first-order chi connectivity index (χ1) is 9.19. The van der Waals surface area contributed by atoms with E-state index in [4.69, 9.17) is 10.5 Å². The van der Waals surface area contributed by atoms with Gasteiger partial charge in [0.25, 0.3) is 0 Å². The maximum Gasteiger partial charge on any atom is 0.167 e. The smallest absolute Gasteiger partial charge is 0.167 e. The minimum atomic E-state index is 0.0622. The van der Waals surface area contributed by atoms with Crippen molar-refractivity contribution >= 4 is 11.5 Å². The number of anilines is 1. The van der Waals surface area contributed by atoms with Crippen molar-refractivity contribution in [2.45, 2.75) is 13.3 Å². The molecule has 0 radical (unpaired) electrons. The molecule has 2 N–H and O–H groups in total. The Balaban J connectivity index is 2.13. The molecule has 0 aromatic heterocycles. The molecule has 0 spiro atoms. The molecule has 2 aromatic carbocycles. The second-order valence-corrected chi connectivity index (χ2v) is 4.31. The summed E-state index contributed by atoms with van der Waals surface area (Å²) in [6, 6.07) is 14.6. The third-order valence-electron chi connectivity index (χ3n) is 2.78. The fourth-order valence-electron chi connectivity index (χ4n) is 1.92. The zero-order chi connectivity index (χ0) is 13.7. The van der Waals surface area contributed by atoms with Crippen LogP contribution in [0.1, 0.15) is 22.8 Å². The number of nitrogens with two attached hydrogens (primary N) is 1. The highest BCUT2D eigenvalue weighted by atomic mass is 16.5. The molecule has 0 heterocycles. The van der Waals surface area contributed by atoms with Gasteiger partial charge in [-0.15, -0.1) is 0 Å². The Morgan fingerprint density at radius 1 is 1.16 bits per heavy atom. The van der Waals surface area contributed by atoms with Crippen molar-refractivity contribution in [2.75, 3.05) is 12.3 Å². The van der Waals surface area contributed by atoms with Crippen molar-refractivity contribution in [1.82, 2.24) is 0 Å². The highest BCUT2D eigenvalue weighted by Gasteiger charge is 2.08. The molecule has 0 unspecified atom stereocenters. The van der Waals surface area contributed by atoms with Gasteiger partial charge in [0.2, 0.25) is 0 Å². The van der Waals surface area contributed by atoms with E-state index in [9.17, 15) is 4.79 Å². The van der Waals surface area contributed by atoms with Gasteiger partial charge in [0, 0.05) is 17.7 Å². The Kier molecular flexibility index (Phi) is 4.18. The number of benzene rings is 2. The second-order valence-electron chi connectivity index (χ2n) is 4.31. The molecule has 3 nitrogen and oxygen atoms in total. The summed E-state index contributed by atoms with van der Waals surface area (Å²) in [4.78, 5) is 12.2. The van der Waals surface area contributed by atoms with E-state index < -0.39 is 0 Å². The van der Waals surface area contributed by atoms with Gasteiger partial charge in [0.1, 0.15) is 5.75 Å². The van der Waals surface area contributed by atoms with Gasteiger partial charge >= 0.3 is 0 Å². The first-order valence-electron chi connectivity index (χ1n) is 6.29. The largest absolute Gasteiger partial charge is 0.494 e. The summed E-state index contributed by atoms with van der Waals surface area (Å²) < 4.78 is 5.39. The van der Waals surface area contributed by atoms with E-state index in [1.54, 1.807) is 12.1 Å². The highest BCUT2D eigenvalue weighted by molar-refractivity contribution is 5.97. The SMILES string of the molecule is CCOc1cccc(C(=O)Cc2cccc(N)c2)c1. The van der Waals surface area contributed by atoms with E-state index in [1.807, 2.05) is 43.3 Å². The van der Waals surface area contributed by atoms with E-state index in [1.165, 1.54) is 0 Å². The van der Waals surface area contributed by atoms with Gasteiger partial charge in [0.05, 0.1) is 6.61 Å². The average molecular weight is 255 g/mol. The summed E-state index contributed by atoms with van der Waals surface area (Å²) in [6.07, 6.45) is 0.348. The third-order valence-corrected chi connectivity index (χ3v) is 2.78. The minimum absolute atomic E-state index is 0.0622. The summed E-state index contributed by atoms with van der Waals surface area (Å²) >= 11 is 0. The molecule has 0 fully saturated rings. The standard InChI is InChI=1S/C16H17NO2/c1-2-19-15-8-4-6-13(11-15)16(18)10-12-5-3-7-14(17)9-12/h3-9,11H,2,10,17H2,1H3. The number of carbonyl (C=O) groups excluding carboxylic acids is 1. The molecule has 0 aliphatic carbocycles. The summed E-state index contributed by atoms with van der Waals surface area (Å²) in [5, 5.41) is 0. The number of carbonyl (C=O) groups is 1.